The maximum atomic E-state index is 3.65. The van der Waals surface area contributed by atoms with Crippen LogP contribution < -0.4 is 4.72 Å². The number of para-hydroxylation sites is 1. The van der Waals surface area contributed by atoms with Gasteiger partial charge in [-0.2, -0.15) is 0 Å². The number of hydrogen-bond donors (Lipinski definition) is 2. The van der Waals surface area contributed by atoms with E-state index in [1.165, 1.54) is 26.9 Å². The highest BCUT2D eigenvalue weighted by Crippen LogP contribution is 2.26. The second kappa shape index (κ2) is 7.67. The summed E-state index contributed by atoms with van der Waals surface area (Å²) >= 11 is 1.74. The van der Waals surface area contributed by atoms with Gasteiger partial charge in [-0.3, -0.25) is 4.72 Å². The second-order valence-corrected chi connectivity index (χ2v) is 8.57. The molecular formula is C22H28N2S. The molecule has 3 rings (SSSR count). The highest BCUT2D eigenvalue weighted by Gasteiger charge is 2.14. The van der Waals surface area contributed by atoms with Crippen molar-refractivity contribution in [2.75, 3.05) is 0 Å². The number of rotatable bonds is 6. The lowest BCUT2D eigenvalue weighted by molar-refractivity contribution is 0.589. The Morgan fingerprint density at radius 1 is 1.04 bits per heavy atom. The van der Waals surface area contributed by atoms with Gasteiger partial charge in [0.15, 0.2) is 0 Å². The summed E-state index contributed by atoms with van der Waals surface area (Å²) in [6, 6.07) is 17.9. The van der Waals surface area contributed by atoms with Gasteiger partial charge in [0.05, 0.1) is 0 Å². The first kappa shape index (κ1) is 18.1. The minimum atomic E-state index is 0.206. The average molecular weight is 353 g/mol. The number of aromatic amines is 1. The molecule has 0 aliphatic heterocycles. The van der Waals surface area contributed by atoms with Gasteiger partial charge in [-0.05, 0) is 59.5 Å². The molecule has 25 heavy (non-hydrogen) atoms. The van der Waals surface area contributed by atoms with Crippen LogP contribution in [0.15, 0.2) is 59.6 Å². The van der Waals surface area contributed by atoms with Gasteiger partial charge in [0.1, 0.15) is 0 Å². The molecule has 3 heteroatoms. The first-order valence-electron chi connectivity index (χ1n) is 9.05. The number of hydrogen-bond acceptors (Lipinski definition) is 2. The number of H-pyrrole nitrogens is 1. The largest absolute Gasteiger partial charge is 0.361 e. The van der Waals surface area contributed by atoms with Crippen LogP contribution in [-0.4, -0.2) is 11.0 Å². The van der Waals surface area contributed by atoms with Gasteiger partial charge in [0.25, 0.3) is 0 Å². The van der Waals surface area contributed by atoms with E-state index in [0.29, 0.717) is 6.04 Å². The minimum absolute atomic E-state index is 0.206. The maximum Gasteiger partial charge on any atom is 0.0456 e. The van der Waals surface area contributed by atoms with Crippen LogP contribution in [0, 0.1) is 0 Å². The molecule has 0 radical (unpaired) electrons. The Morgan fingerprint density at radius 2 is 1.76 bits per heavy atom. The molecular weight excluding hydrogens is 324 g/mol. The zero-order chi connectivity index (χ0) is 17.9. The zero-order valence-corrected chi connectivity index (χ0v) is 16.4. The Bertz CT molecular complexity index is 812. The molecule has 0 bridgehead atoms. The molecule has 0 aliphatic carbocycles. The molecule has 2 N–H and O–H groups in total. The lowest BCUT2D eigenvalue weighted by atomic mass is 9.87. The van der Waals surface area contributed by atoms with Crippen molar-refractivity contribution in [3.63, 3.8) is 0 Å². The van der Waals surface area contributed by atoms with Crippen molar-refractivity contribution in [2.45, 2.75) is 56.9 Å². The highest BCUT2D eigenvalue weighted by molar-refractivity contribution is 7.97. The van der Waals surface area contributed by atoms with Crippen LogP contribution in [0.3, 0.4) is 0 Å². The van der Waals surface area contributed by atoms with Crippen molar-refractivity contribution in [1.82, 2.24) is 9.71 Å². The molecule has 0 amide bonds. The summed E-state index contributed by atoms with van der Waals surface area (Å²) in [6.07, 6.45) is 4.29. The van der Waals surface area contributed by atoms with Gasteiger partial charge in [-0.15, -0.1) is 0 Å². The van der Waals surface area contributed by atoms with Crippen LogP contribution in [0.2, 0.25) is 0 Å². The van der Waals surface area contributed by atoms with E-state index in [0.717, 1.165) is 12.8 Å². The number of aromatic nitrogens is 1. The van der Waals surface area contributed by atoms with Crippen LogP contribution in [0.1, 0.15) is 45.2 Å². The monoisotopic (exact) mass is 352 g/mol. The van der Waals surface area contributed by atoms with E-state index >= 15 is 0 Å². The van der Waals surface area contributed by atoms with Gasteiger partial charge in [0.2, 0.25) is 0 Å². The molecule has 1 aromatic heterocycles. The normalized spacial score (nSPS) is 13.3. The van der Waals surface area contributed by atoms with Crippen molar-refractivity contribution in [1.29, 1.82) is 0 Å². The van der Waals surface area contributed by atoms with Crippen molar-refractivity contribution in [3.8, 4) is 0 Å². The Hall–Kier alpha value is -1.71. The first-order chi connectivity index (χ1) is 12.0. The Balaban J connectivity index is 1.63. The van der Waals surface area contributed by atoms with E-state index in [4.69, 9.17) is 0 Å². The molecule has 0 saturated carbocycles. The molecule has 0 fully saturated rings. The summed E-state index contributed by atoms with van der Waals surface area (Å²) in [7, 11) is 0. The first-order valence-corrected chi connectivity index (χ1v) is 9.87. The highest BCUT2D eigenvalue weighted by atomic mass is 32.2. The molecule has 132 valence electrons. The van der Waals surface area contributed by atoms with Crippen molar-refractivity contribution in [2.24, 2.45) is 0 Å². The third kappa shape index (κ3) is 4.47. The van der Waals surface area contributed by atoms with E-state index in [1.807, 2.05) is 0 Å². The van der Waals surface area contributed by atoms with Crippen molar-refractivity contribution < 1.29 is 0 Å². The standard InChI is InChI=1S/C22H28N2S/c1-5-18(14-16-15-23-21-9-7-6-8-20(16)21)24-25-19-12-10-17(11-13-19)22(2,3)4/h6-13,15,18,23-24H,5,14H2,1-4H3. The number of fused-ring (bicyclic) bond motifs is 1. The fourth-order valence-corrected chi connectivity index (χ4v) is 3.83. The van der Waals surface area contributed by atoms with Crippen LogP contribution in [0.4, 0.5) is 0 Å². The Morgan fingerprint density at radius 3 is 2.44 bits per heavy atom. The van der Waals surface area contributed by atoms with E-state index < -0.39 is 0 Å². The molecule has 2 aromatic carbocycles. The fourth-order valence-electron chi connectivity index (χ4n) is 3.01. The molecule has 0 saturated heterocycles. The Kier molecular flexibility index (Phi) is 5.55. The molecule has 0 spiro atoms. The second-order valence-electron chi connectivity index (χ2n) is 7.66. The van der Waals surface area contributed by atoms with E-state index in [1.54, 1.807) is 11.9 Å². The van der Waals surface area contributed by atoms with Crippen LogP contribution in [0.25, 0.3) is 10.9 Å². The van der Waals surface area contributed by atoms with Crippen molar-refractivity contribution in [3.05, 3.63) is 65.9 Å². The van der Waals surface area contributed by atoms with Gasteiger partial charge in [-0.1, -0.05) is 58.0 Å². The van der Waals surface area contributed by atoms with E-state index in [2.05, 4.69) is 92.1 Å². The quantitative estimate of drug-likeness (QED) is 0.526. The van der Waals surface area contributed by atoms with Crippen molar-refractivity contribution >= 4 is 22.9 Å². The Labute approximate surface area is 155 Å². The third-order valence-corrected chi connectivity index (χ3v) is 5.66. The van der Waals surface area contributed by atoms with Gasteiger partial charge >= 0.3 is 0 Å². The molecule has 1 atom stereocenters. The molecule has 0 aliphatic rings. The lowest BCUT2D eigenvalue weighted by Gasteiger charge is -2.20. The molecule has 3 aromatic rings. The van der Waals surface area contributed by atoms with Crippen LogP contribution in [0.5, 0.6) is 0 Å². The lowest BCUT2D eigenvalue weighted by Crippen LogP contribution is -2.24. The molecule has 2 nitrogen and oxygen atoms in total. The summed E-state index contributed by atoms with van der Waals surface area (Å²) in [5.74, 6) is 0. The summed E-state index contributed by atoms with van der Waals surface area (Å²) in [5.41, 5.74) is 4.19. The smallest absolute Gasteiger partial charge is 0.0456 e. The summed E-state index contributed by atoms with van der Waals surface area (Å²) in [5, 5.41) is 1.34. The van der Waals surface area contributed by atoms with Crippen LogP contribution in [-0.2, 0) is 11.8 Å². The summed E-state index contributed by atoms with van der Waals surface area (Å²) in [4.78, 5) is 4.65. The van der Waals surface area contributed by atoms with Crippen LogP contribution >= 0.6 is 11.9 Å². The average Bonchev–Trinajstić information content (AvgIpc) is 3.01. The molecule has 1 unspecified atom stereocenters. The van der Waals surface area contributed by atoms with Gasteiger partial charge in [0, 0.05) is 28.0 Å². The van der Waals surface area contributed by atoms with Gasteiger partial charge < -0.3 is 4.98 Å². The predicted octanol–water partition coefficient (Wildman–Crippen LogP) is 6.08. The molecule has 1 heterocycles. The van der Waals surface area contributed by atoms with Gasteiger partial charge in [-0.25, -0.2) is 0 Å². The maximum absolute atomic E-state index is 3.65. The fraction of sp³-hybridized carbons (Fsp3) is 0.364. The number of benzene rings is 2. The third-order valence-electron chi connectivity index (χ3n) is 4.70. The zero-order valence-electron chi connectivity index (χ0n) is 15.6. The minimum Gasteiger partial charge on any atom is -0.361 e. The summed E-state index contributed by atoms with van der Waals surface area (Å²) < 4.78 is 3.65. The predicted molar refractivity (Wildman–Crippen MR) is 110 cm³/mol. The SMILES string of the molecule is CCC(Cc1c[nH]c2ccccc12)NSc1ccc(C(C)(C)C)cc1. The topological polar surface area (TPSA) is 27.8 Å². The number of nitrogens with one attached hydrogen (secondary N) is 2. The van der Waals surface area contributed by atoms with E-state index in [9.17, 15) is 0 Å². The summed E-state index contributed by atoms with van der Waals surface area (Å²) in [6.45, 7) is 9.00. The van der Waals surface area contributed by atoms with E-state index in [-0.39, 0.29) is 5.41 Å².